The van der Waals surface area contributed by atoms with Crippen LogP contribution in [0.1, 0.15) is 18.5 Å². The molecule has 0 aliphatic carbocycles. The van der Waals surface area contributed by atoms with Gasteiger partial charge >= 0.3 is 0 Å². The summed E-state index contributed by atoms with van der Waals surface area (Å²) in [6.45, 7) is 1.78. The Balaban J connectivity index is 1.93. The molecular weight excluding hydrogens is 310 g/mol. The number of amides is 1. The van der Waals surface area contributed by atoms with E-state index in [0.717, 1.165) is 17.7 Å². The fourth-order valence-corrected chi connectivity index (χ4v) is 2.14. The second kappa shape index (κ2) is 7.33. The molecule has 2 aromatic carbocycles. The van der Waals surface area contributed by atoms with E-state index >= 15 is 0 Å². The quantitative estimate of drug-likeness (QED) is 0.875. The van der Waals surface area contributed by atoms with Gasteiger partial charge in [0.2, 0.25) is 5.91 Å². The van der Waals surface area contributed by atoms with Gasteiger partial charge in [0.15, 0.2) is 0 Å². The van der Waals surface area contributed by atoms with Crippen LogP contribution < -0.4 is 10.6 Å². The van der Waals surface area contributed by atoms with Crippen molar-refractivity contribution in [3.05, 3.63) is 64.7 Å². The van der Waals surface area contributed by atoms with Gasteiger partial charge in [-0.3, -0.25) is 4.79 Å². The standard InChI is InChI=1S/C16H15ClF2N2O/c1-10(11-4-2-5-12(17)8-11)20-9-15(22)21-16-13(18)6-3-7-14(16)19/h2-8,10,20H,9H2,1H3,(H,21,22)/t10-/m0/s1. The second-order valence-corrected chi connectivity index (χ2v) is 5.24. The van der Waals surface area contributed by atoms with E-state index in [1.54, 1.807) is 12.1 Å². The Morgan fingerprint density at radius 2 is 1.82 bits per heavy atom. The van der Waals surface area contributed by atoms with E-state index in [2.05, 4.69) is 10.6 Å². The van der Waals surface area contributed by atoms with Crippen molar-refractivity contribution in [2.75, 3.05) is 11.9 Å². The molecule has 0 heterocycles. The molecule has 3 nitrogen and oxygen atoms in total. The van der Waals surface area contributed by atoms with E-state index in [-0.39, 0.29) is 12.6 Å². The number of nitrogens with one attached hydrogen (secondary N) is 2. The van der Waals surface area contributed by atoms with Crippen LogP contribution in [0.4, 0.5) is 14.5 Å². The fraction of sp³-hybridized carbons (Fsp3) is 0.188. The first-order valence-electron chi connectivity index (χ1n) is 6.70. The largest absolute Gasteiger partial charge is 0.320 e. The molecule has 2 N–H and O–H groups in total. The molecule has 2 aromatic rings. The van der Waals surface area contributed by atoms with Gasteiger partial charge in [-0.05, 0) is 36.8 Å². The molecule has 6 heteroatoms. The van der Waals surface area contributed by atoms with Crippen LogP contribution >= 0.6 is 11.6 Å². The third-order valence-electron chi connectivity index (χ3n) is 3.14. The summed E-state index contributed by atoms with van der Waals surface area (Å²) in [6.07, 6.45) is 0. The minimum absolute atomic E-state index is 0.0819. The number of rotatable bonds is 5. The number of hydrogen-bond donors (Lipinski definition) is 2. The maximum absolute atomic E-state index is 13.4. The molecule has 2 rings (SSSR count). The van der Waals surface area contributed by atoms with Gasteiger partial charge in [-0.2, -0.15) is 0 Å². The van der Waals surface area contributed by atoms with Gasteiger partial charge in [0.05, 0.1) is 6.54 Å². The lowest BCUT2D eigenvalue weighted by Crippen LogP contribution is -2.30. The summed E-state index contributed by atoms with van der Waals surface area (Å²) in [5.74, 6) is -2.15. The first-order chi connectivity index (χ1) is 10.5. The molecule has 1 atom stereocenters. The van der Waals surface area contributed by atoms with Crippen molar-refractivity contribution >= 4 is 23.2 Å². The Morgan fingerprint density at radius 1 is 1.18 bits per heavy atom. The molecule has 0 unspecified atom stereocenters. The van der Waals surface area contributed by atoms with Crippen LogP contribution in [0.25, 0.3) is 0 Å². The highest BCUT2D eigenvalue weighted by molar-refractivity contribution is 6.30. The van der Waals surface area contributed by atoms with Crippen LogP contribution in [0.15, 0.2) is 42.5 Å². The van der Waals surface area contributed by atoms with Crippen molar-refractivity contribution < 1.29 is 13.6 Å². The number of para-hydroxylation sites is 1. The Labute approximate surface area is 132 Å². The number of carbonyl (C=O) groups excluding carboxylic acids is 1. The zero-order chi connectivity index (χ0) is 16.1. The number of carbonyl (C=O) groups is 1. The summed E-state index contributed by atoms with van der Waals surface area (Å²) in [6, 6.07) is 10.5. The zero-order valence-corrected chi connectivity index (χ0v) is 12.6. The van der Waals surface area contributed by atoms with Gasteiger partial charge < -0.3 is 10.6 Å². The SMILES string of the molecule is C[C@H](NCC(=O)Nc1c(F)cccc1F)c1cccc(Cl)c1. The first kappa shape index (κ1) is 16.4. The Hall–Kier alpha value is -1.98. The molecule has 0 aliphatic heterocycles. The lowest BCUT2D eigenvalue weighted by molar-refractivity contribution is -0.115. The summed E-state index contributed by atoms with van der Waals surface area (Å²) in [5.41, 5.74) is 0.474. The van der Waals surface area contributed by atoms with Gasteiger partial charge in [-0.1, -0.05) is 29.8 Å². The van der Waals surface area contributed by atoms with Crippen LogP contribution in [0, 0.1) is 11.6 Å². The molecule has 22 heavy (non-hydrogen) atoms. The Kier molecular flexibility index (Phi) is 5.46. The van der Waals surface area contributed by atoms with Crippen molar-refractivity contribution in [2.24, 2.45) is 0 Å². The van der Waals surface area contributed by atoms with Crippen molar-refractivity contribution in [3.63, 3.8) is 0 Å². The summed E-state index contributed by atoms with van der Waals surface area (Å²) >= 11 is 5.90. The van der Waals surface area contributed by atoms with Crippen LogP contribution in [0.2, 0.25) is 5.02 Å². The second-order valence-electron chi connectivity index (χ2n) is 4.80. The summed E-state index contributed by atoms with van der Waals surface area (Å²) in [4.78, 5) is 11.8. The van der Waals surface area contributed by atoms with Gasteiger partial charge in [0, 0.05) is 11.1 Å². The maximum Gasteiger partial charge on any atom is 0.238 e. The molecule has 0 spiro atoms. The topological polar surface area (TPSA) is 41.1 Å². The molecule has 0 radical (unpaired) electrons. The van der Waals surface area contributed by atoms with Crippen LogP contribution in [-0.2, 0) is 4.79 Å². The van der Waals surface area contributed by atoms with Gasteiger partial charge in [-0.25, -0.2) is 8.78 Å². The molecule has 0 aliphatic rings. The molecule has 0 bridgehead atoms. The average Bonchev–Trinajstić information content (AvgIpc) is 2.48. The monoisotopic (exact) mass is 324 g/mol. The van der Waals surface area contributed by atoms with E-state index in [0.29, 0.717) is 5.02 Å². The molecule has 1 amide bonds. The molecule has 0 aromatic heterocycles. The molecular formula is C16H15ClF2N2O. The molecule has 116 valence electrons. The highest BCUT2D eigenvalue weighted by atomic mass is 35.5. The van der Waals surface area contributed by atoms with Crippen molar-refractivity contribution in [1.29, 1.82) is 0 Å². The predicted octanol–water partition coefficient (Wildman–Crippen LogP) is 3.91. The normalized spacial score (nSPS) is 12.0. The minimum Gasteiger partial charge on any atom is -0.320 e. The van der Waals surface area contributed by atoms with E-state index in [1.165, 1.54) is 6.07 Å². The summed E-state index contributed by atoms with van der Waals surface area (Å²) in [7, 11) is 0. The fourth-order valence-electron chi connectivity index (χ4n) is 1.94. The molecule has 0 fully saturated rings. The van der Waals surface area contributed by atoms with Crippen LogP contribution in [0.5, 0.6) is 0 Å². The lowest BCUT2D eigenvalue weighted by atomic mass is 10.1. The molecule has 0 saturated carbocycles. The average molecular weight is 325 g/mol. The minimum atomic E-state index is -0.809. The van der Waals surface area contributed by atoms with Gasteiger partial charge in [-0.15, -0.1) is 0 Å². The van der Waals surface area contributed by atoms with Crippen molar-refractivity contribution in [1.82, 2.24) is 5.32 Å². The lowest BCUT2D eigenvalue weighted by Gasteiger charge is -2.14. The third-order valence-corrected chi connectivity index (χ3v) is 3.38. The number of halogens is 3. The van der Waals surface area contributed by atoms with Crippen molar-refractivity contribution in [2.45, 2.75) is 13.0 Å². The van der Waals surface area contributed by atoms with Crippen molar-refractivity contribution in [3.8, 4) is 0 Å². The van der Waals surface area contributed by atoms with E-state index < -0.39 is 23.2 Å². The summed E-state index contributed by atoms with van der Waals surface area (Å²) in [5, 5.41) is 5.79. The van der Waals surface area contributed by atoms with E-state index in [1.807, 2.05) is 19.1 Å². The van der Waals surface area contributed by atoms with Gasteiger partial charge in [0.25, 0.3) is 0 Å². The number of hydrogen-bond acceptors (Lipinski definition) is 2. The van der Waals surface area contributed by atoms with E-state index in [9.17, 15) is 13.6 Å². The number of anilines is 1. The highest BCUT2D eigenvalue weighted by Gasteiger charge is 2.13. The maximum atomic E-state index is 13.4. The van der Waals surface area contributed by atoms with Crippen LogP contribution in [0.3, 0.4) is 0 Å². The predicted molar refractivity (Wildman–Crippen MR) is 82.9 cm³/mol. The van der Waals surface area contributed by atoms with E-state index in [4.69, 9.17) is 11.6 Å². The van der Waals surface area contributed by atoms with Crippen LogP contribution in [-0.4, -0.2) is 12.5 Å². The third kappa shape index (κ3) is 4.26. The Bertz CT molecular complexity index is 659. The summed E-state index contributed by atoms with van der Waals surface area (Å²) < 4.78 is 26.9. The highest BCUT2D eigenvalue weighted by Crippen LogP contribution is 2.19. The Morgan fingerprint density at radius 3 is 2.45 bits per heavy atom. The molecule has 0 saturated heterocycles. The zero-order valence-electron chi connectivity index (χ0n) is 11.9. The first-order valence-corrected chi connectivity index (χ1v) is 7.08. The number of benzene rings is 2. The smallest absolute Gasteiger partial charge is 0.238 e. The van der Waals surface area contributed by atoms with Gasteiger partial charge in [0.1, 0.15) is 17.3 Å².